The van der Waals surface area contributed by atoms with Crippen molar-refractivity contribution in [2.75, 3.05) is 0 Å². The Labute approximate surface area is 94.8 Å². The van der Waals surface area contributed by atoms with Crippen LogP contribution in [0.1, 0.15) is 11.4 Å². The first-order chi connectivity index (χ1) is 8.04. The van der Waals surface area contributed by atoms with Crippen LogP contribution in [0.5, 0.6) is 5.75 Å². The van der Waals surface area contributed by atoms with E-state index in [1.165, 1.54) is 4.98 Å². The number of aromatic nitrogens is 1. The summed E-state index contributed by atoms with van der Waals surface area (Å²) in [6.07, 6.45) is -10.7. The van der Waals surface area contributed by atoms with Crippen LogP contribution in [0.3, 0.4) is 0 Å². The van der Waals surface area contributed by atoms with Gasteiger partial charge in [0.25, 0.3) is 0 Å². The summed E-state index contributed by atoms with van der Waals surface area (Å²) in [6, 6.07) is 0.385. The fraction of sp³-hybridized carbons (Fsp3) is 0.375. The van der Waals surface area contributed by atoms with Crippen LogP contribution in [0.15, 0.2) is 10.9 Å². The summed E-state index contributed by atoms with van der Waals surface area (Å²) < 4.78 is 75.9. The molecule has 102 valence electrons. The standard InChI is InChI=1S/C8H5F6NO3/c9-7(10,11)6-5(18-8(12,13)14)4(17)1-3(2-16)15-6/h1,16H,2H2,(H,15,17). The van der Waals surface area contributed by atoms with Crippen LogP contribution in [0.4, 0.5) is 26.3 Å². The number of aliphatic hydroxyl groups excluding tert-OH is 1. The summed E-state index contributed by atoms with van der Waals surface area (Å²) in [7, 11) is 0. The highest BCUT2D eigenvalue weighted by Gasteiger charge is 2.41. The number of rotatable bonds is 2. The molecule has 0 aliphatic carbocycles. The minimum absolute atomic E-state index is 0.385. The molecule has 18 heavy (non-hydrogen) atoms. The number of hydrogen-bond donors (Lipinski definition) is 2. The average molecular weight is 277 g/mol. The number of hydrogen-bond acceptors (Lipinski definition) is 3. The van der Waals surface area contributed by atoms with Crippen LogP contribution in [-0.2, 0) is 12.8 Å². The number of aliphatic hydroxyl groups is 1. The summed E-state index contributed by atoms with van der Waals surface area (Å²) >= 11 is 0. The van der Waals surface area contributed by atoms with Crippen LogP contribution in [-0.4, -0.2) is 16.5 Å². The van der Waals surface area contributed by atoms with E-state index in [0.29, 0.717) is 6.07 Å². The highest BCUT2D eigenvalue weighted by Crippen LogP contribution is 2.35. The molecule has 0 saturated carbocycles. The maximum absolute atomic E-state index is 12.4. The average Bonchev–Trinajstić information content (AvgIpc) is 2.17. The van der Waals surface area contributed by atoms with E-state index in [1.54, 1.807) is 0 Å². The van der Waals surface area contributed by atoms with Gasteiger partial charge in [0.05, 0.1) is 6.61 Å². The lowest BCUT2D eigenvalue weighted by Gasteiger charge is -2.15. The summed E-state index contributed by atoms with van der Waals surface area (Å²) in [4.78, 5) is 12.6. The van der Waals surface area contributed by atoms with Crippen molar-refractivity contribution in [1.82, 2.24) is 4.98 Å². The molecule has 1 heterocycles. The Morgan fingerprint density at radius 2 is 1.78 bits per heavy atom. The third-order valence-corrected chi connectivity index (χ3v) is 1.71. The third kappa shape index (κ3) is 3.39. The Hall–Kier alpha value is -1.71. The predicted octanol–water partition coefficient (Wildman–Crippen LogP) is 1.78. The van der Waals surface area contributed by atoms with E-state index < -0.39 is 41.7 Å². The van der Waals surface area contributed by atoms with Gasteiger partial charge in [0.2, 0.25) is 11.2 Å². The van der Waals surface area contributed by atoms with Gasteiger partial charge in [-0.25, -0.2) is 0 Å². The first-order valence-electron chi connectivity index (χ1n) is 4.24. The maximum atomic E-state index is 12.4. The van der Waals surface area contributed by atoms with Gasteiger partial charge in [-0.1, -0.05) is 0 Å². The first kappa shape index (κ1) is 14.4. The predicted molar refractivity (Wildman–Crippen MR) is 44.7 cm³/mol. The van der Waals surface area contributed by atoms with Crippen LogP contribution in [0.2, 0.25) is 0 Å². The second kappa shape index (κ2) is 4.52. The van der Waals surface area contributed by atoms with E-state index >= 15 is 0 Å². The van der Waals surface area contributed by atoms with E-state index in [0.717, 1.165) is 0 Å². The second-order valence-corrected chi connectivity index (χ2v) is 3.07. The van der Waals surface area contributed by atoms with Crippen molar-refractivity contribution in [2.45, 2.75) is 19.1 Å². The molecule has 1 rings (SSSR count). The van der Waals surface area contributed by atoms with E-state index in [-0.39, 0.29) is 0 Å². The fourth-order valence-corrected chi connectivity index (χ4v) is 1.10. The maximum Gasteiger partial charge on any atom is 0.573 e. The Morgan fingerprint density at radius 3 is 2.17 bits per heavy atom. The fourth-order valence-electron chi connectivity index (χ4n) is 1.10. The Morgan fingerprint density at radius 1 is 1.22 bits per heavy atom. The first-order valence-corrected chi connectivity index (χ1v) is 4.24. The molecule has 0 radical (unpaired) electrons. The van der Waals surface area contributed by atoms with Gasteiger partial charge in [0.1, 0.15) is 0 Å². The molecule has 0 atom stereocenters. The van der Waals surface area contributed by atoms with E-state index in [4.69, 9.17) is 5.11 Å². The van der Waals surface area contributed by atoms with Crippen LogP contribution >= 0.6 is 0 Å². The summed E-state index contributed by atoms with van der Waals surface area (Å²) in [5, 5.41) is 8.58. The number of nitrogens with one attached hydrogen (secondary N) is 1. The van der Waals surface area contributed by atoms with Gasteiger partial charge >= 0.3 is 12.5 Å². The van der Waals surface area contributed by atoms with Gasteiger partial charge < -0.3 is 14.8 Å². The lowest BCUT2D eigenvalue weighted by Crippen LogP contribution is -2.26. The number of H-pyrrole nitrogens is 1. The van der Waals surface area contributed by atoms with Crippen molar-refractivity contribution in [1.29, 1.82) is 0 Å². The molecule has 0 spiro atoms. The Bertz CT molecular complexity index is 489. The number of alkyl halides is 6. The molecule has 4 nitrogen and oxygen atoms in total. The number of aromatic amines is 1. The van der Waals surface area contributed by atoms with Crippen LogP contribution in [0, 0.1) is 0 Å². The SMILES string of the molecule is O=c1cc(CO)[nH]c(C(F)(F)F)c1OC(F)(F)F. The van der Waals surface area contributed by atoms with Crippen molar-refractivity contribution in [2.24, 2.45) is 0 Å². The highest BCUT2D eigenvalue weighted by molar-refractivity contribution is 5.32. The molecular weight excluding hydrogens is 272 g/mol. The second-order valence-electron chi connectivity index (χ2n) is 3.07. The summed E-state index contributed by atoms with van der Waals surface area (Å²) in [5.74, 6) is -1.91. The van der Waals surface area contributed by atoms with E-state index in [2.05, 4.69) is 4.74 Å². The molecule has 0 aliphatic heterocycles. The zero-order valence-electron chi connectivity index (χ0n) is 8.32. The zero-order valence-corrected chi connectivity index (χ0v) is 8.32. The molecule has 0 fully saturated rings. The molecule has 0 aromatic carbocycles. The van der Waals surface area contributed by atoms with E-state index in [9.17, 15) is 31.1 Å². The highest BCUT2D eigenvalue weighted by atomic mass is 19.4. The zero-order chi connectivity index (χ0) is 14.1. The van der Waals surface area contributed by atoms with Gasteiger partial charge in [-0.3, -0.25) is 4.79 Å². The molecule has 0 amide bonds. The molecule has 2 N–H and O–H groups in total. The number of pyridine rings is 1. The number of ether oxygens (including phenoxy) is 1. The third-order valence-electron chi connectivity index (χ3n) is 1.71. The quantitative estimate of drug-likeness (QED) is 0.810. The normalized spacial score (nSPS) is 12.6. The van der Waals surface area contributed by atoms with Gasteiger partial charge in [0.15, 0.2) is 5.69 Å². The van der Waals surface area contributed by atoms with Crippen molar-refractivity contribution in [3.63, 3.8) is 0 Å². The largest absolute Gasteiger partial charge is 0.573 e. The van der Waals surface area contributed by atoms with Crippen molar-refractivity contribution >= 4 is 0 Å². The van der Waals surface area contributed by atoms with Crippen molar-refractivity contribution in [3.05, 3.63) is 27.7 Å². The molecule has 10 heteroatoms. The van der Waals surface area contributed by atoms with Gasteiger partial charge in [-0.2, -0.15) is 13.2 Å². The van der Waals surface area contributed by atoms with Gasteiger partial charge in [0, 0.05) is 11.8 Å². The molecule has 0 bridgehead atoms. The van der Waals surface area contributed by atoms with Gasteiger partial charge in [-0.05, 0) is 0 Å². The van der Waals surface area contributed by atoms with Gasteiger partial charge in [-0.15, -0.1) is 13.2 Å². The van der Waals surface area contributed by atoms with E-state index in [1.807, 2.05) is 0 Å². The lowest BCUT2D eigenvalue weighted by molar-refractivity contribution is -0.277. The lowest BCUT2D eigenvalue weighted by atomic mass is 10.2. The number of halogens is 6. The molecule has 0 aliphatic rings. The Kier molecular flexibility index (Phi) is 3.60. The minimum Gasteiger partial charge on any atom is -0.399 e. The monoisotopic (exact) mass is 277 g/mol. The topological polar surface area (TPSA) is 62.3 Å². The van der Waals surface area contributed by atoms with Crippen molar-refractivity contribution < 1.29 is 36.2 Å². The molecule has 1 aromatic rings. The summed E-state index contributed by atoms with van der Waals surface area (Å²) in [6.45, 7) is -0.968. The molecule has 1 aromatic heterocycles. The minimum atomic E-state index is -5.44. The molecular formula is C8H5F6NO3. The molecule has 0 saturated heterocycles. The van der Waals surface area contributed by atoms with Crippen LogP contribution in [0.25, 0.3) is 0 Å². The summed E-state index contributed by atoms with van der Waals surface area (Å²) in [5.41, 5.74) is -4.22. The smallest absolute Gasteiger partial charge is 0.399 e. The van der Waals surface area contributed by atoms with Crippen molar-refractivity contribution in [3.8, 4) is 5.75 Å². The Balaban J connectivity index is 3.44. The van der Waals surface area contributed by atoms with Crippen LogP contribution < -0.4 is 10.2 Å². The molecule has 0 unspecified atom stereocenters.